The van der Waals surface area contributed by atoms with Gasteiger partial charge in [0.1, 0.15) is 19.3 Å². The highest BCUT2D eigenvalue weighted by Gasteiger charge is 2.30. The lowest BCUT2D eigenvalue weighted by molar-refractivity contribution is -0.161. The van der Waals surface area contributed by atoms with E-state index in [1.807, 2.05) is 0 Å². The van der Waals surface area contributed by atoms with E-state index in [1.54, 1.807) is 0 Å². The topological polar surface area (TPSA) is 237 Å². The van der Waals surface area contributed by atoms with Crippen LogP contribution in [0, 0.1) is 11.8 Å². The Morgan fingerprint density at radius 1 is 0.300 bits per heavy atom. The number of aliphatic hydroxyl groups is 1. The van der Waals surface area contributed by atoms with Gasteiger partial charge in [-0.15, -0.1) is 0 Å². The number of rotatable bonds is 70. The molecule has 0 aromatic heterocycles. The van der Waals surface area contributed by atoms with Crippen molar-refractivity contribution >= 4 is 39.5 Å². The second-order valence-electron chi connectivity index (χ2n) is 26.6. The van der Waals surface area contributed by atoms with Gasteiger partial charge in [-0.05, 0) is 37.5 Å². The normalized spacial score (nSPS) is 14.1. The minimum atomic E-state index is -4.95. The molecule has 0 rings (SSSR count). The Morgan fingerprint density at radius 2 is 0.511 bits per heavy atom. The first kappa shape index (κ1) is 88.1. The van der Waals surface area contributed by atoms with Crippen LogP contribution in [0.1, 0.15) is 363 Å². The van der Waals surface area contributed by atoms with E-state index < -0.39 is 97.5 Å². The van der Waals surface area contributed by atoms with Crippen molar-refractivity contribution in [1.82, 2.24) is 0 Å². The highest BCUT2D eigenvalue weighted by Crippen LogP contribution is 2.45. The molecule has 0 aromatic carbocycles. The first-order valence-electron chi connectivity index (χ1n) is 37.0. The molecule has 90 heavy (non-hydrogen) atoms. The van der Waals surface area contributed by atoms with Crippen LogP contribution in [0.2, 0.25) is 0 Å². The Balaban J connectivity index is 5.19. The number of unbranched alkanes of at least 4 members (excludes halogenated alkanes) is 40. The molecule has 534 valence electrons. The molecule has 0 aliphatic rings. The van der Waals surface area contributed by atoms with Crippen LogP contribution in [0.5, 0.6) is 0 Å². The maximum atomic E-state index is 13.0. The van der Waals surface area contributed by atoms with Gasteiger partial charge in [-0.3, -0.25) is 37.3 Å². The third kappa shape index (κ3) is 64.8. The molecule has 0 aromatic rings. The fraction of sp³-hybridized carbons (Fsp3) is 0.944. The lowest BCUT2D eigenvalue weighted by atomic mass is 10.0. The second kappa shape index (κ2) is 63.1. The first-order valence-corrected chi connectivity index (χ1v) is 40.0. The van der Waals surface area contributed by atoms with Crippen LogP contribution >= 0.6 is 15.6 Å². The number of esters is 4. The summed E-state index contributed by atoms with van der Waals surface area (Å²) in [5, 5.41) is 10.6. The number of hydrogen-bond donors (Lipinski definition) is 3. The molecule has 17 nitrogen and oxygen atoms in total. The van der Waals surface area contributed by atoms with Gasteiger partial charge in [0.2, 0.25) is 0 Å². The maximum absolute atomic E-state index is 13.0. The number of carbonyl (C=O) groups is 4. The molecule has 19 heteroatoms. The Hall–Kier alpha value is -1.94. The zero-order valence-corrected chi connectivity index (χ0v) is 60.2. The number of phosphoric ester groups is 2. The van der Waals surface area contributed by atoms with Gasteiger partial charge in [0.25, 0.3) is 0 Å². The average molecular weight is 1330 g/mol. The monoisotopic (exact) mass is 1320 g/mol. The molecule has 0 amide bonds. The first-order chi connectivity index (χ1) is 43.4. The number of phosphoric acid groups is 2. The van der Waals surface area contributed by atoms with Crippen molar-refractivity contribution < 1.29 is 80.2 Å². The molecule has 0 bridgehead atoms. The molecule has 2 unspecified atom stereocenters. The van der Waals surface area contributed by atoms with E-state index in [1.165, 1.54) is 180 Å². The van der Waals surface area contributed by atoms with Gasteiger partial charge in [0, 0.05) is 25.7 Å². The summed E-state index contributed by atoms with van der Waals surface area (Å²) in [5.74, 6) is -0.588. The average Bonchev–Trinajstić information content (AvgIpc) is 3.59. The lowest BCUT2D eigenvalue weighted by Gasteiger charge is -2.21. The van der Waals surface area contributed by atoms with Crippen molar-refractivity contribution in [2.45, 2.75) is 381 Å². The molecule has 0 heterocycles. The van der Waals surface area contributed by atoms with Gasteiger partial charge in [-0.1, -0.05) is 311 Å². The molecular weight excluding hydrogens is 1190 g/mol. The Kier molecular flexibility index (Phi) is 61.8. The van der Waals surface area contributed by atoms with E-state index in [4.69, 9.17) is 37.0 Å². The van der Waals surface area contributed by atoms with Gasteiger partial charge in [-0.25, -0.2) is 9.13 Å². The smallest absolute Gasteiger partial charge is 0.462 e. The highest BCUT2D eigenvalue weighted by molar-refractivity contribution is 7.47. The second-order valence-corrected chi connectivity index (χ2v) is 29.5. The predicted octanol–water partition coefficient (Wildman–Crippen LogP) is 20.4. The summed E-state index contributed by atoms with van der Waals surface area (Å²) in [6.45, 7) is 9.53. The third-order valence-electron chi connectivity index (χ3n) is 16.5. The minimum absolute atomic E-state index is 0.106. The molecule has 0 saturated heterocycles. The van der Waals surface area contributed by atoms with Crippen LogP contribution in [0.4, 0.5) is 0 Å². The van der Waals surface area contributed by atoms with Crippen LogP contribution in [-0.4, -0.2) is 96.7 Å². The van der Waals surface area contributed by atoms with E-state index >= 15 is 0 Å². The van der Waals surface area contributed by atoms with Gasteiger partial charge >= 0.3 is 39.5 Å². The Labute approximate surface area is 549 Å². The molecule has 0 spiro atoms. The van der Waals surface area contributed by atoms with Crippen LogP contribution in [0.3, 0.4) is 0 Å². The minimum Gasteiger partial charge on any atom is -0.462 e. The molecule has 5 atom stereocenters. The van der Waals surface area contributed by atoms with Crippen LogP contribution in [-0.2, 0) is 65.4 Å². The third-order valence-corrected chi connectivity index (χ3v) is 18.4. The fourth-order valence-electron chi connectivity index (χ4n) is 10.8. The quantitative estimate of drug-likeness (QED) is 0.0222. The van der Waals surface area contributed by atoms with E-state index in [2.05, 4.69) is 41.5 Å². The Bertz CT molecular complexity index is 1750. The van der Waals surface area contributed by atoms with E-state index in [0.29, 0.717) is 25.7 Å². The van der Waals surface area contributed by atoms with Gasteiger partial charge in [0.05, 0.1) is 26.4 Å². The summed E-state index contributed by atoms with van der Waals surface area (Å²) in [6.07, 6.45) is 48.6. The van der Waals surface area contributed by atoms with Crippen molar-refractivity contribution in [3.8, 4) is 0 Å². The molecule has 0 saturated carbocycles. The van der Waals surface area contributed by atoms with Crippen molar-refractivity contribution in [3.05, 3.63) is 0 Å². The van der Waals surface area contributed by atoms with Crippen LogP contribution in [0.25, 0.3) is 0 Å². The predicted molar refractivity (Wildman–Crippen MR) is 363 cm³/mol. The van der Waals surface area contributed by atoms with Gasteiger partial charge < -0.3 is 33.8 Å². The molecule has 0 radical (unpaired) electrons. The van der Waals surface area contributed by atoms with Crippen molar-refractivity contribution in [1.29, 1.82) is 0 Å². The molecular formula is C71H138O17P2. The number of ether oxygens (including phenoxy) is 4. The maximum Gasteiger partial charge on any atom is 0.472 e. The highest BCUT2D eigenvalue weighted by atomic mass is 31.2. The summed E-state index contributed by atoms with van der Waals surface area (Å²) in [6, 6.07) is 0. The summed E-state index contributed by atoms with van der Waals surface area (Å²) in [7, 11) is -9.90. The number of hydrogen-bond acceptors (Lipinski definition) is 15. The number of carbonyl (C=O) groups excluding carboxylic acids is 4. The van der Waals surface area contributed by atoms with Crippen molar-refractivity contribution in [2.24, 2.45) is 11.8 Å². The molecule has 3 N–H and O–H groups in total. The van der Waals surface area contributed by atoms with E-state index in [0.717, 1.165) is 102 Å². The SMILES string of the molecule is CCCCCCCCCCCCC(=O)OC[C@H](COP(=O)(O)OC[C@H](O)COP(=O)(O)OC[C@@H](COC(=O)CCCCCCCCCCC(C)C)OC(=O)CCCCCCCCCCCCCCCCCCC(C)C)OC(=O)CCCCCCCCCCCC. The summed E-state index contributed by atoms with van der Waals surface area (Å²) in [5.41, 5.74) is 0. The van der Waals surface area contributed by atoms with Gasteiger partial charge in [-0.2, -0.15) is 0 Å². The zero-order valence-electron chi connectivity index (χ0n) is 58.4. The van der Waals surface area contributed by atoms with Crippen molar-refractivity contribution in [3.63, 3.8) is 0 Å². The van der Waals surface area contributed by atoms with Crippen LogP contribution in [0.15, 0.2) is 0 Å². The number of aliphatic hydroxyl groups excluding tert-OH is 1. The van der Waals surface area contributed by atoms with Gasteiger partial charge in [0.15, 0.2) is 12.2 Å². The Morgan fingerprint density at radius 3 is 0.756 bits per heavy atom. The largest absolute Gasteiger partial charge is 0.472 e. The molecule has 0 fully saturated rings. The fourth-order valence-corrected chi connectivity index (χ4v) is 12.3. The van der Waals surface area contributed by atoms with Crippen molar-refractivity contribution in [2.75, 3.05) is 39.6 Å². The summed E-state index contributed by atoms with van der Waals surface area (Å²) in [4.78, 5) is 72.5. The van der Waals surface area contributed by atoms with E-state index in [-0.39, 0.29) is 25.7 Å². The van der Waals surface area contributed by atoms with Crippen LogP contribution < -0.4 is 0 Å². The standard InChI is InChI=1S/C71H138O17P2/c1-7-9-11-13-15-17-28-35-41-47-53-68(73)81-59-66(87-70(75)55-49-43-37-29-18-16-14-12-10-8-2)61-85-89(77,78)83-57-65(72)58-84-90(79,80)86-62-67(60-82-69(74)54-48-42-36-32-31-34-40-46-52-64(5)6)88-71(76)56-50-44-38-30-26-24-22-20-19-21-23-25-27-33-39-45-51-63(3)4/h63-67,72H,7-62H2,1-6H3,(H,77,78)(H,79,80)/t65-,66+,67+/m0/s1. The van der Waals surface area contributed by atoms with E-state index in [9.17, 15) is 43.2 Å². The summed E-state index contributed by atoms with van der Waals surface area (Å²) >= 11 is 0. The summed E-state index contributed by atoms with van der Waals surface area (Å²) < 4.78 is 68.2. The molecule has 0 aliphatic carbocycles. The molecule has 0 aliphatic heterocycles. The zero-order chi connectivity index (χ0) is 66.5. The lowest BCUT2D eigenvalue weighted by Crippen LogP contribution is -2.30.